The van der Waals surface area contributed by atoms with Crippen LogP contribution < -0.4 is 15.5 Å². The molecule has 24 heteroatoms. The molecule has 0 radical (unpaired) electrons. The van der Waals surface area contributed by atoms with Crippen molar-refractivity contribution in [3.05, 3.63) is 165 Å². The summed E-state index contributed by atoms with van der Waals surface area (Å²) < 4.78 is 45.1. The Hall–Kier alpha value is -6.14. The van der Waals surface area contributed by atoms with Crippen molar-refractivity contribution in [2.45, 2.75) is 101 Å². The molecular weight excluding hydrogens is 1370 g/mol. The molecule has 4 atom stereocenters. The monoisotopic (exact) mass is 1440 g/mol. The number of thiazole rings is 4. The van der Waals surface area contributed by atoms with Crippen molar-refractivity contribution >= 4 is 96.9 Å². The maximum atomic E-state index is 13.0. The zero-order valence-corrected chi connectivity index (χ0v) is 56.7. The van der Waals surface area contributed by atoms with E-state index in [4.69, 9.17) is 29.0 Å². The zero-order valence-electron chi connectivity index (χ0n) is 49.7. The second-order valence-electron chi connectivity index (χ2n) is 22.7. The summed E-state index contributed by atoms with van der Waals surface area (Å²) in [5, 5.41) is 23.4. The molecule has 5 heterocycles. The van der Waals surface area contributed by atoms with Gasteiger partial charge in [-0.15, -0.1) is 34.0 Å². The fourth-order valence-corrected chi connectivity index (χ4v) is 15.1. The van der Waals surface area contributed by atoms with Crippen molar-refractivity contribution in [2.24, 2.45) is 28.8 Å². The minimum atomic E-state index is -3.85. The number of anilines is 1. The number of amides is 1. The number of hydrogen-bond donors (Lipinski definition) is 2. The topological polar surface area (TPSA) is 240 Å². The fourth-order valence-electron chi connectivity index (χ4n) is 11.3. The minimum absolute atomic E-state index is 0. The van der Waals surface area contributed by atoms with Crippen LogP contribution in [0.2, 0.25) is 0 Å². The van der Waals surface area contributed by atoms with Gasteiger partial charge in [-0.2, -0.15) is 0 Å². The van der Waals surface area contributed by atoms with E-state index in [1.807, 2.05) is 74.3 Å². The maximum Gasteiger partial charge on any atom is 0.494 e. The third kappa shape index (κ3) is 15.0. The Bertz CT molecular complexity index is 3880. The van der Waals surface area contributed by atoms with E-state index in [9.17, 15) is 27.6 Å². The first-order valence-corrected chi connectivity index (χ1v) is 32.7. The van der Waals surface area contributed by atoms with Gasteiger partial charge in [0.2, 0.25) is 15.9 Å². The number of methoxy groups -OCH3 is 2. The van der Waals surface area contributed by atoms with Gasteiger partial charge in [-0.25, -0.2) is 33.5 Å². The summed E-state index contributed by atoms with van der Waals surface area (Å²) in [5.41, 5.74) is 13.5. The molecule has 4 unspecified atom stereocenters. The van der Waals surface area contributed by atoms with E-state index >= 15 is 0 Å². The first kappa shape index (κ1) is 66.8. The molecule has 17 nitrogen and oxygen atoms in total. The summed E-state index contributed by atoms with van der Waals surface area (Å²) in [6.45, 7) is 9.77. The van der Waals surface area contributed by atoms with Gasteiger partial charge in [0.05, 0.1) is 48.9 Å². The molecule has 1 aliphatic heterocycles. The van der Waals surface area contributed by atoms with E-state index in [0.29, 0.717) is 36.5 Å². The number of carboxylic acids is 1. The van der Waals surface area contributed by atoms with Gasteiger partial charge in [-0.3, -0.25) is 24.1 Å². The molecule has 456 valence electrons. The van der Waals surface area contributed by atoms with Gasteiger partial charge < -0.3 is 31.3 Å². The molecule has 3 N–H and O–H groups in total. The van der Waals surface area contributed by atoms with E-state index in [1.54, 1.807) is 60.4 Å². The standard InChI is InChI=1S/C18H18N4O3S3.C17H23BO4.C14H13NO2S.C13H11NO2S.CH3.W/c1-10-17(28(19,24)25)27-18(21-10)22(2)16(23)14-7-11-3-4-12(8-13(11)9-14)15-20-5-6-26-15;1-16(2)17(3,4)22-18(21-16)14-7-6-11-8-13(15(19)20-5)9-12(11)10-14;1-17-14(16)12-6-9-2-3-10(7-11(9)8-12)13-15-4-5-18-13;15-13(16)11-5-8-1-2-9(6-10(8)7-11)12-14-3-4-17-12;;/h3-6,8,14H,7,9H2,1-2H3,(H2,19,24,25);6-7,10,13H,8-9H2,1-5H3;2-5,7,12H,6,8H2,1H3;1-4,6,11H,5,7H2,(H,15,16);1H3;/q;;;;-1;. The van der Waals surface area contributed by atoms with Crippen LogP contribution in [0, 0.1) is 38.0 Å². The number of primary sulfonamides is 1. The van der Waals surface area contributed by atoms with Gasteiger partial charge in [0.15, 0.2) is 9.34 Å². The second-order valence-corrected chi connectivity index (χ2v) is 28.1. The number of aryl methyl sites for hydroxylation is 1. The van der Waals surface area contributed by atoms with Gasteiger partial charge in [0.1, 0.15) is 15.0 Å². The molecule has 8 aromatic rings. The number of fused-ring (bicyclic) bond motifs is 4. The number of aliphatic carboxylic acids is 1. The molecule has 1 fully saturated rings. The number of nitrogens with zero attached hydrogens (tertiary/aromatic N) is 5. The van der Waals surface area contributed by atoms with Crippen molar-refractivity contribution < 1.29 is 72.6 Å². The van der Waals surface area contributed by atoms with Crippen LogP contribution in [0.15, 0.2) is 112 Å². The fraction of sp³-hybridized carbons (Fsp3) is 0.349. The average molecular weight is 1440 g/mol. The molecule has 5 aliphatic rings. The van der Waals surface area contributed by atoms with Crippen LogP contribution in [0.4, 0.5) is 5.13 Å². The number of hydrogen-bond acceptors (Lipinski definition) is 18. The minimum Gasteiger partial charge on any atom is -0.481 e. The molecule has 4 aliphatic carbocycles. The molecule has 1 saturated heterocycles. The van der Waals surface area contributed by atoms with Gasteiger partial charge in [0, 0.05) is 85.5 Å². The quantitative estimate of drug-likeness (QED) is 0.0735. The largest absolute Gasteiger partial charge is 0.494 e. The predicted octanol–water partition coefficient (Wildman–Crippen LogP) is 10.2. The Balaban J connectivity index is 0.000000152. The second kappa shape index (κ2) is 27.7. The van der Waals surface area contributed by atoms with E-state index in [2.05, 4.69) is 68.5 Å². The van der Waals surface area contributed by atoms with Crippen molar-refractivity contribution in [3.63, 3.8) is 0 Å². The summed E-state index contributed by atoms with van der Waals surface area (Å²) in [4.78, 5) is 65.8. The molecule has 0 spiro atoms. The normalized spacial score (nSPS) is 18.7. The predicted molar refractivity (Wildman–Crippen MR) is 338 cm³/mol. The Kier molecular flexibility index (Phi) is 21.3. The van der Waals surface area contributed by atoms with Crippen LogP contribution in [0.3, 0.4) is 0 Å². The number of carbonyl (C=O) groups excluding carboxylic acids is 3. The molecule has 0 saturated carbocycles. The summed E-state index contributed by atoms with van der Waals surface area (Å²) in [7, 11) is 0.317. The third-order valence-corrected chi connectivity index (χ3v) is 21.8. The Labute approximate surface area is 538 Å². The van der Waals surface area contributed by atoms with Crippen LogP contribution in [0.1, 0.15) is 77.9 Å². The third-order valence-electron chi connectivity index (χ3n) is 16.5. The van der Waals surface area contributed by atoms with Crippen LogP contribution in [0.25, 0.3) is 31.7 Å². The van der Waals surface area contributed by atoms with Gasteiger partial charge in [-0.05, 0) is 154 Å². The van der Waals surface area contributed by atoms with Crippen molar-refractivity contribution in [1.29, 1.82) is 0 Å². The molecule has 0 bridgehead atoms. The molecule has 13 rings (SSSR count). The van der Waals surface area contributed by atoms with Crippen molar-refractivity contribution in [3.8, 4) is 31.7 Å². The first-order valence-electron chi connectivity index (χ1n) is 27.7. The number of nitrogens with two attached hydrogens (primary N) is 1. The summed E-state index contributed by atoms with van der Waals surface area (Å²) in [6, 6.07) is 24.9. The van der Waals surface area contributed by atoms with Crippen LogP contribution >= 0.6 is 45.3 Å². The molecule has 1 amide bonds. The Morgan fingerprint density at radius 1 is 0.609 bits per heavy atom. The van der Waals surface area contributed by atoms with E-state index in [0.717, 1.165) is 96.4 Å². The Morgan fingerprint density at radius 3 is 1.36 bits per heavy atom. The molecule has 4 aromatic heterocycles. The number of rotatable bonds is 10. The zero-order chi connectivity index (χ0) is 60.5. The number of benzene rings is 4. The Morgan fingerprint density at radius 2 is 0.977 bits per heavy atom. The van der Waals surface area contributed by atoms with Gasteiger partial charge >= 0.3 is 25.0 Å². The van der Waals surface area contributed by atoms with Crippen LogP contribution in [-0.2, 0) is 120 Å². The number of sulfonamides is 1. The van der Waals surface area contributed by atoms with Crippen LogP contribution in [-0.4, -0.2) is 96.9 Å². The summed E-state index contributed by atoms with van der Waals surface area (Å²) in [5.74, 6) is -1.55. The van der Waals surface area contributed by atoms with E-state index in [-0.39, 0.29) is 92.5 Å². The first-order chi connectivity index (χ1) is 40.5. The number of esters is 2. The molecule has 87 heavy (non-hydrogen) atoms. The maximum absolute atomic E-state index is 13.0. The van der Waals surface area contributed by atoms with E-state index in [1.165, 1.54) is 41.4 Å². The van der Waals surface area contributed by atoms with Gasteiger partial charge in [0.25, 0.3) is 0 Å². The SMILES string of the molecule is COC(=O)C1Cc2ccc(-c3nccs3)cc2C1.COC(=O)C1Cc2ccc(B3OC(C)(C)C(C)(C)O3)cc2C1.Cc1nc(N(C)C(=O)C2Cc3ccc(-c4nccs4)cc3C2)sc1S(N)(=O)=O.O=C(O)C1Cc2ccc(-c3nccs3)cc2C1.[CH3-].[W]. The van der Waals surface area contributed by atoms with Crippen molar-refractivity contribution in [2.75, 3.05) is 26.2 Å². The number of carboxylic acid groups (broad SMARTS) is 1. The van der Waals surface area contributed by atoms with Crippen LogP contribution in [0.5, 0.6) is 0 Å². The smallest absolute Gasteiger partial charge is 0.481 e. The molecule has 4 aromatic carbocycles. The van der Waals surface area contributed by atoms with Crippen molar-refractivity contribution in [1.82, 2.24) is 19.9 Å². The number of carbonyl (C=O) groups is 4. The summed E-state index contributed by atoms with van der Waals surface area (Å²) >= 11 is 5.74. The van der Waals surface area contributed by atoms with Gasteiger partial charge in [-0.1, -0.05) is 65.9 Å². The summed E-state index contributed by atoms with van der Waals surface area (Å²) in [6.07, 6.45) is 11.0. The number of aromatic nitrogens is 4. The average Bonchev–Trinajstić information content (AvgIpc) is 2.13. The number of ether oxygens (including phenoxy) is 2. The van der Waals surface area contributed by atoms with E-state index < -0.39 is 16.0 Å². The molecular formula is C63H68BN6O11S5W-.